The van der Waals surface area contributed by atoms with Crippen LogP contribution in [0.4, 0.5) is 11.5 Å². The number of nitriles is 1. The molecule has 0 bridgehead atoms. The van der Waals surface area contributed by atoms with Gasteiger partial charge in [-0.25, -0.2) is 4.98 Å². The molecule has 2 aromatic heterocycles. The number of nitrogens with two attached hydrogens (primary N) is 1. The van der Waals surface area contributed by atoms with E-state index in [2.05, 4.69) is 40.1 Å². The van der Waals surface area contributed by atoms with Gasteiger partial charge in [0, 0.05) is 6.04 Å². The SMILES string of the molecule is CC(Cc1ccsc1)Nc1ncc(N)cc1C#N. The summed E-state index contributed by atoms with van der Waals surface area (Å²) in [7, 11) is 0. The molecule has 1 atom stereocenters. The predicted molar refractivity (Wildman–Crippen MR) is 74.5 cm³/mol. The highest BCUT2D eigenvalue weighted by atomic mass is 32.1. The van der Waals surface area contributed by atoms with Crippen LogP contribution < -0.4 is 11.1 Å². The van der Waals surface area contributed by atoms with Crippen molar-refractivity contribution in [2.75, 3.05) is 11.1 Å². The summed E-state index contributed by atoms with van der Waals surface area (Å²) < 4.78 is 0. The Bertz CT molecular complexity index is 557. The van der Waals surface area contributed by atoms with Crippen molar-refractivity contribution in [3.63, 3.8) is 0 Å². The molecular weight excluding hydrogens is 244 g/mol. The second-order valence-electron chi connectivity index (χ2n) is 4.16. The van der Waals surface area contributed by atoms with Crippen molar-refractivity contribution in [2.24, 2.45) is 0 Å². The minimum atomic E-state index is 0.211. The third-order valence-electron chi connectivity index (χ3n) is 2.53. The van der Waals surface area contributed by atoms with E-state index in [1.165, 1.54) is 5.56 Å². The van der Waals surface area contributed by atoms with E-state index in [1.807, 2.05) is 0 Å². The molecule has 0 saturated carbocycles. The molecule has 2 aromatic rings. The topological polar surface area (TPSA) is 74.7 Å². The summed E-state index contributed by atoms with van der Waals surface area (Å²) in [6.07, 6.45) is 2.46. The van der Waals surface area contributed by atoms with E-state index in [4.69, 9.17) is 11.0 Å². The molecule has 3 N–H and O–H groups in total. The number of aromatic nitrogens is 1. The fourth-order valence-corrected chi connectivity index (χ4v) is 2.41. The van der Waals surface area contributed by atoms with Crippen LogP contribution in [0.3, 0.4) is 0 Å². The lowest BCUT2D eigenvalue weighted by atomic mass is 10.1. The highest BCUT2D eigenvalue weighted by Gasteiger charge is 2.09. The first-order valence-corrected chi connectivity index (χ1v) is 6.56. The molecule has 0 radical (unpaired) electrons. The zero-order chi connectivity index (χ0) is 13.0. The molecule has 0 spiro atoms. The maximum Gasteiger partial charge on any atom is 0.144 e. The molecule has 2 heterocycles. The molecule has 0 saturated heterocycles. The standard InChI is InChI=1S/C13H14N4S/c1-9(4-10-2-3-18-8-10)17-13-11(6-14)5-12(15)7-16-13/h2-3,5,7-9H,4,15H2,1H3,(H,16,17). The van der Waals surface area contributed by atoms with Gasteiger partial charge in [-0.3, -0.25) is 0 Å². The molecule has 2 rings (SSSR count). The first kappa shape index (κ1) is 12.4. The Balaban J connectivity index is 2.07. The summed E-state index contributed by atoms with van der Waals surface area (Å²) in [5.41, 5.74) is 7.87. The van der Waals surface area contributed by atoms with E-state index in [-0.39, 0.29) is 6.04 Å². The first-order valence-electron chi connectivity index (χ1n) is 5.62. The monoisotopic (exact) mass is 258 g/mol. The Morgan fingerprint density at radius 1 is 1.61 bits per heavy atom. The van der Waals surface area contributed by atoms with Gasteiger partial charge in [0.2, 0.25) is 0 Å². The second kappa shape index (κ2) is 5.52. The molecule has 0 aliphatic heterocycles. The molecule has 5 heteroatoms. The van der Waals surface area contributed by atoms with Crippen LogP contribution in [0.2, 0.25) is 0 Å². The van der Waals surface area contributed by atoms with Gasteiger partial charge in [-0.05, 0) is 41.8 Å². The van der Waals surface area contributed by atoms with Crippen LogP contribution in [-0.2, 0) is 6.42 Å². The molecule has 0 aliphatic rings. The van der Waals surface area contributed by atoms with E-state index >= 15 is 0 Å². The van der Waals surface area contributed by atoms with Crippen molar-refractivity contribution >= 4 is 22.8 Å². The van der Waals surface area contributed by atoms with Crippen molar-refractivity contribution < 1.29 is 0 Å². The van der Waals surface area contributed by atoms with Crippen LogP contribution in [0, 0.1) is 11.3 Å². The van der Waals surface area contributed by atoms with Gasteiger partial charge >= 0.3 is 0 Å². The van der Waals surface area contributed by atoms with Crippen molar-refractivity contribution in [2.45, 2.75) is 19.4 Å². The lowest BCUT2D eigenvalue weighted by Crippen LogP contribution is -2.19. The molecule has 92 valence electrons. The molecule has 0 aliphatic carbocycles. The average molecular weight is 258 g/mol. The molecule has 4 nitrogen and oxygen atoms in total. The fourth-order valence-electron chi connectivity index (χ4n) is 1.73. The molecular formula is C13H14N4S. The summed E-state index contributed by atoms with van der Waals surface area (Å²) in [5, 5.41) is 16.5. The highest BCUT2D eigenvalue weighted by Crippen LogP contribution is 2.17. The maximum atomic E-state index is 9.03. The molecule has 1 unspecified atom stereocenters. The van der Waals surface area contributed by atoms with Crippen LogP contribution in [0.25, 0.3) is 0 Å². The van der Waals surface area contributed by atoms with Gasteiger partial charge in [0.25, 0.3) is 0 Å². The van der Waals surface area contributed by atoms with Crippen molar-refractivity contribution in [3.8, 4) is 6.07 Å². The van der Waals surface area contributed by atoms with E-state index in [0.717, 1.165) is 6.42 Å². The first-order chi connectivity index (χ1) is 8.69. The Morgan fingerprint density at radius 3 is 3.11 bits per heavy atom. The zero-order valence-electron chi connectivity index (χ0n) is 10.1. The van der Waals surface area contributed by atoms with Crippen molar-refractivity contribution in [3.05, 3.63) is 40.2 Å². The van der Waals surface area contributed by atoms with E-state index in [1.54, 1.807) is 23.6 Å². The summed E-state index contributed by atoms with van der Waals surface area (Å²) in [6.45, 7) is 2.07. The maximum absolute atomic E-state index is 9.03. The second-order valence-corrected chi connectivity index (χ2v) is 4.94. The minimum absolute atomic E-state index is 0.211. The summed E-state index contributed by atoms with van der Waals surface area (Å²) in [6, 6.07) is 6.04. The number of anilines is 2. The third kappa shape index (κ3) is 2.99. The Labute approximate surface area is 110 Å². The number of nitrogens with zero attached hydrogens (tertiary/aromatic N) is 2. The Hall–Kier alpha value is -2.06. The van der Waals surface area contributed by atoms with Crippen LogP contribution in [0.1, 0.15) is 18.1 Å². The van der Waals surface area contributed by atoms with Gasteiger partial charge in [-0.2, -0.15) is 16.6 Å². The lowest BCUT2D eigenvalue weighted by Gasteiger charge is -2.14. The molecule has 0 fully saturated rings. The quantitative estimate of drug-likeness (QED) is 0.884. The lowest BCUT2D eigenvalue weighted by molar-refractivity contribution is 0.786. The van der Waals surface area contributed by atoms with Crippen LogP contribution in [0.15, 0.2) is 29.1 Å². The van der Waals surface area contributed by atoms with Gasteiger partial charge in [0.1, 0.15) is 11.9 Å². The van der Waals surface area contributed by atoms with Crippen LogP contribution >= 0.6 is 11.3 Å². The normalized spacial score (nSPS) is 11.8. The zero-order valence-corrected chi connectivity index (χ0v) is 10.9. The minimum Gasteiger partial charge on any atom is -0.397 e. The van der Waals surface area contributed by atoms with E-state index in [0.29, 0.717) is 17.1 Å². The Kier molecular flexibility index (Phi) is 3.80. The van der Waals surface area contributed by atoms with Gasteiger partial charge < -0.3 is 11.1 Å². The number of hydrogen-bond donors (Lipinski definition) is 2. The number of hydrogen-bond acceptors (Lipinski definition) is 5. The summed E-state index contributed by atoms with van der Waals surface area (Å²) in [4.78, 5) is 4.16. The van der Waals surface area contributed by atoms with Crippen LogP contribution in [-0.4, -0.2) is 11.0 Å². The summed E-state index contributed by atoms with van der Waals surface area (Å²) >= 11 is 1.69. The largest absolute Gasteiger partial charge is 0.397 e. The molecule has 0 aromatic carbocycles. The number of nitrogens with one attached hydrogen (secondary N) is 1. The van der Waals surface area contributed by atoms with E-state index < -0.39 is 0 Å². The van der Waals surface area contributed by atoms with Gasteiger partial charge in [0.15, 0.2) is 0 Å². The number of nitrogen functional groups attached to an aromatic ring is 1. The average Bonchev–Trinajstić information content (AvgIpc) is 2.84. The Morgan fingerprint density at radius 2 is 2.44 bits per heavy atom. The van der Waals surface area contributed by atoms with Crippen LogP contribution in [0.5, 0.6) is 0 Å². The van der Waals surface area contributed by atoms with Gasteiger partial charge in [0.05, 0.1) is 17.4 Å². The highest BCUT2D eigenvalue weighted by molar-refractivity contribution is 7.07. The van der Waals surface area contributed by atoms with Crippen molar-refractivity contribution in [1.29, 1.82) is 5.26 Å². The van der Waals surface area contributed by atoms with Gasteiger partial charge in [-0.1, -0.05) is 0 Å². The number of thiophene rings is 1. The number of pyridine rings is 1. The van der Waals surface area contributed by atoms with E-state index in [9.17, 15) is 0 Å². The van der Waals surface area contributed by atoms with Crippen molar-refractivity contribution in [1.82, 2.24) is 4.98 Å². The smallest absolute Gasteiger partial charge is 0.144 e. The fraction of sp³-hybridized carbons (Fsp3) is 0.231. The molecule has 0 amide bonds. The molecule has 18 heavy (non-hydrogen) atoms. The summed E-state index contributed by atoms with van der Waals surface area (Å²) in [5.74, 6) is 0.592. The third-order valence-corrected chi connectivity index (χ3v) is 3.27. The number of rotatable bonds is 4. The van der Waals surface area contributed by atoms with Gasteiger partial charge in [-0.15, -0.1) is 0 Å². The predicted octanol–water partition coefficient (Wildman–Crippen LogP) is 2.64.